The minimum Gasteiger partial charge on any atom is -0.201 e. The maximum absolute atomic E-state index is 2.44. The Kier molecular flexibility index (Phi) is 3.60. The van der Waals surface area contributed by atoms with Crippen molar-refractivity contribution in [1.29, 1.82) is 0 Å². The lowest BCUT2D eigenvalue weighted by Gasteiger charge is -2.16. The molecule has 0 bridgehead atoms. The Balaban J connectivity index is 2.06. The van der Waals surface area contributed by atoms with E-state index in [4.69, 9.17) is 0 Å². The molecular weight excluding hydrogens is 242 g/mol. The lowest BCUT2D eigenvalue weighted by Crippen LogP contribution is -2.30. The minimum atomic E-state index is 0.798. The van der Waals surface area contributed by atoms with Crippen LogP contribution in [0.4, 0.5) is 0 Å². The van der Waals surface area contributed by atoms with E-state index >= 15 is 0 Å². The van der Waals surface area contributed by atoms with Crippen LogP contribution in [0, 0.1) is 13.8 Å². The Labute approximate surface area is 122 Å². The first-order valence-corrected chi connectivity index (χ1v) is 7.73. The Morgan fingerprint density at radius 1 is 1.00 bits per heavy atom. The summed E-state index contributed by atoms with van der Waals surface area (Å²) in [5.41, 5.74) is 7.11. The molecule has 1 aromatic heterocycles. The van der Waals surface area contributed by atoms with E-state index in [-0.39, 0.29) is 0 Å². The Hall–Kier alpha value is -1.63. The smallest absolute Gasteiger partial charge is 0.201 e. The molecule has 0 spiro atoms. The molecule has 20 heavy (non-hydrogen) atoms. The van der Waals surface area contributed by atoms with Crippen LogP contribution in [0.25, 0.3) is 11.3 Å². The van der Waals surface area contributed by atoms with E-state index in [0.717, 1.165) is 5.92 Å². The number of pyridine rings is 1. The van der Waals surface area contributed by atoms with Crippen LogP contribution < -0.4 is 4.57 Å². The predicted octanol–water partition coefficient (Wildman–Crippen LogP) is 4.45. The first kappa shape index (κ1) is 13.4. The molecule has 0 saturated heterocycles. The predicted molar refractivity (Wildman–Crippen MR) is 83.7 cm³/mol. The normalized spacial score (nSPS) is 15.8. The second kappa shape index (κ2) is 5.40. The number of hydrogen-bond acceptors (Lipinski definition) is 0. The molecule has 1 aromatic carbocycles. The van der Waals surface area contributed by atoms with Crippen molar-refractivity contribution >= 4 is 0 Å². The summed E-state index contributed by atoms with van der Waals surface area (Å²) in [5.74, 6) is 0.798. The van der Waals surface area contributed by atoms with Crippen LogP contribution in [0.5, 0.6) is 0 Å². The molecule has 2 aromatic rings. The van der Waals surface area contributed by atoms with Crippen LogP contribution in [0.15, 0.2) is 36.5 Å². The fraction of sp³-hybridized carbons (Fsp3) is 0.421. The molecule has 0 amide bonds. The maximum Gasteiger partial charge on any atom is 0.212 e. The number of nitrogens with zero attached hydrogens (tertiary/aromatic N) is 1. The molecule has 1 aliphatic carbocycles. The van der Waals surface area contributed by atoms with E-state index in [1.54, 1.807) is 5.56 Å². The fourth-order valence-electron chi connectivity index (χ4n) is 3.59. The minimum absolute atomic E-state index is 0.798. The quantitative estimate of drug-likeness (QED) is 0.707. The molecule has 0 aliphatic heterocycles. The summed E-state index contributed by atoms with van der Waals surface area (Å²) in [6.45, 7) is 4.53. The van der Waals surface area contributed by atoms with Crippen molar-refractivity contribution in [3.63, 3.8) is 0 Å². The van der Waals surface area contributed by atoms with Crippen molar-refractivity contribution in [3.8, 4) is 11.3 Å². The first-order valence-electron chi connectivity index (χ1n) is 7.73. The van der Waals surface area contributed by atoms with E-state index in [9.17, 15) is 0 Å². The average molecular weight is 266 g/mol. The largest absolute Gasteiger partial charge is 0.212 e. The highest BCUT2D eigenvalue weighted by Crippen LogP contribution is 2.37. The summed E-state index contributed by atoms with van der Waals surface area (Å²) in [5, 5.41) is 0. The zero-order valence-electron chi connectivity index (χ0n) is 12.8. The molecule has 1 saturated carbocycles. The third-order valence-corrected chi connectivity index (χ3v) is 4.74. The van der Waals surface area contributed by atoms with Gasteiger partial charge in [-0.15, -0.1) is 0 Å². The topological polar surface area (TPSA) is 3.88 Å². The molecule has 1 heteroatoms. The zero-order chi connectivity index (χ0) is 14.1. The number of rotatable bonds is 2. The summed E-state index contributed by atoms with van der Waals surface area (Å²) >= 11 is 0. The second-order valence-corrected chi connectivity index (χ2v) is 6.20. The van der Waals surface area contributed by atoms with Gasteiger partial charge in [0.2, 0.25) is 5.69 Å². The van der Waals surface area contributed by atoms with Gasteiger partial charge in [0.05, 0.1) is 0 Å². The van der Waals surface area contributed by atoms with Crippen molar-refractivity contribution in [2.75, 3.05) is 0 Å². The van der Waals surface area contributed by atoms with Gasteiger partial charge in [-0.05, 0) is 61.4 Å². The van der Waals surface area contributed by atoms with Crippen LogP contribution in [-0.2, 0) is 7.05 Å². The summed E-state index contributed by atoms with van der Waals surface area (Å²) in [7, 11) is 2.12. The zero-order valence-corrected chi connectivity index (χ0v) is 12.8. The molecule has 1 fully saturated rings. The van der Waals surface area contributed by atoms with Gasteiger partial charge < -0.3 is 0 Å². The van der Waals surface area contributed by atoms with Crippen molar-refractivity contribution in [2.24, 2.45) is 7.05 Å². The van der Waals surface area contributed by atoms with Crippen LogP contribution in [-0.4, -0.2) is 0 Å². The van der Waals surface area contributed by atoms with Gasteiger partial charge >= 0.3 is 0 Å². The van der Waals surface area contributed by atoms with E-state index in [1.807, 2.05) is 0 Å². The van der Waals surface area contributed by atoms with Gasteiger partial charge in [0.15, 0.2) is 6.20 Å². The molecule has 0 N–H and O–H groups in total. The molecule has 1 heterocycles. The number of aromatic nitrogens is 1. The van der Waals surface area contributed by atoms with Gasteiger partial charge in [-0.2, -0.15) is 0 Å². The lowest BCUT2D eigenvalue weighted by molar-refractivity contribution is -0.660. The van der Waals surface area contributed by atoms with Gasteiger partial charge in [-0.1, -0.05) is 18.9 Å². The molecule has 1 aliphatic rings. The van der Waals surface area contributed by atoms with Gasteiger partial charge in [0.25, 0.3) is 0 Å². The Bertz CT molecular complexity index is 622. The fourth-order valence-corrected chi connectivity index (χ4v) is 3.59. The van der Waals surface area contributed by atoms with Crippen LogP contribution >= 0.6 is 0 Å². The monoisotopic (exact) mass is 266 g/mol. The van der Waals surface area contributed by atoms with Crippen LogP contribution in [0.3, 0.4) is 0 Å². The van der Waals surface area contributed by atoms with Crippen molar-refractivity contribution in [2.45, 2.75) is 45.4 Å². The number of benzene rings is 1. The average Bonchev–Trinajstić information content (AvgIpc) is 2.96. The van der Waals surface area contributed by atoms with E-state index in [1.165, 1.54) is 48.1 Å². The van der Waals surface area contributed by atoms with Crippen molar-refractivity contribution in [3.05, 3.63) is 53.2 Å². The molecule has 104 valence electrons. The summed E-state index contributed by atoms with van der Waals surface area (Å²) in [6, 6.07) is 11.2. The van der Waals surface area contributed by atoms with Crippen molar-refractivity contribution < 1.29 is 4.57 Å². The standard InChI is InChI=1S/C19H24N/c1-14-13-18(19-10-6-7-11-20(19)3)15(2)12-17(14)16-8-4-5-9-16/h6-7,10-13,16H,4-5,8-9H2,1-3H3/q+1. The summed E-state index contributed by atoms with van der Waals surface area (Å²) in [6.07, 6.45) is 7.67. The summed E-state index contributed by atoms with van der Waals surface area (Å²) < 4.78 is 2.21. The van der Waals surface area contributed by atoms with E-state index < -0.39 is 0 Å². The van der Waals surface area contributed by atoms with Gasteiger partial charge in [-0.3, -0.25) is 0 Å². The first-order chi connectivity index (χ1) is 9.66. The van der Waals surface area contributed by atoms with Crippen LogP contribution in [0.2, 0.25) is 0 Å². The lowest BCUT2D eigenvalue weighted by atomic mass is 9.89. The van der Waals surface area contributed by atoms with E-state index in [2.05, 4.69) is 62.0 Å². The molecule has 0 radical (unpaired) electrons. The molecule has 0 unspecified atom stereocenters. The van der Waals surface area contributed by atoms with Crippen LogP contribution in [0.1, 0.15) is 48.3 Å². The molecule has 1 nitrogen and oxygen atoms in total. The molecular formula is C19H24N+. The van der Waals surface area contributed by atoms with Gasteiger partial charge in [-0.25, -0.2) is 4.57 Å². The molecule has 0 atom stereocenters. The summed E-state index contributed by atoms with van der Waals surface area (Å²) in [4.78, 5) is 0. The third-order valence-electron chi connectivity index (χ3n) is 4.74. The number of aryl methyl sites for hydroxylation is 3. The Morgan fingerprint density at radius 2 is 1.75 bits per heavy atom. The molecule has 3 rings (SSSR count). The van der Waals surface area contributed by atoms with Gasteiger partial charge in [0.1, 0.15) is 7.05 Å². The second-order valence-electron chi connectivity index (χ2n) is 6.20. The van der Waals surface area contributed by atoms with E-state index in [0.29, 0.717) is 0 Å². The van der Waals surface area contributed by atoms with Crippen molar-refractivity contribution in [1.82, 2.24) is 0 Å². The Morgan fingerprint density at radius 3 is 2.45 bits per heavy atom. The highest BCUT2D eigenvalue weighted by Gasteiger charge is 2.21. The third kappa shape index (κ3) is 2.37. The van der Waals surface area contributed by atoms with Gasteiger partial charge in [0, 0.05) is 17.7 Å². The SMILES string of the molecule is Cc1cc(C2CCCC2)c(C)cc1-c1cccc[n+]1C. The highest BCUT2D eigenvalue weighted by atomic mass is 14.9. The maximum atomic E-state index is 2.44. The number of hydrogen-bond donors (Lipinski definition) is 0. The highest BCUT2D eigenvalue weighted by molar-refractivity contribution is 5.63.